The van der Waals surface area contributed by atoms with Gasteiger partial charge in [-0.15, -0.1) is 0 Å². The molecule has 1 aromatic rings. The summed E-state index contributed by atoms with van der Waals surface area (Å²) in [6.07, 6.45) is 1.63. The number of primary amides is 1. The van der Waals surface area contributed by atoms with Gasteiger partial charge in [0.1, 0.15) is 5.82 Å². The van der Waals surface area contributed by atoms with Crippen LogP contribution in [0.25, 0.3) is 0 Å². The Balaban J connectivity index is 2.58. The van der Waals surface area contributed by atoms with Crippen molar-refractivity contribution in [2.45, 2.75) is 18.7 Å². The highest BCUT2D eigenvalue weighted by Crippen LogP contribution is 2.10. The predicted molar refractivity (Wildman–Crippen MR) is 70.2 cm³/mol. The summed E-state index contributed by atoms with van der Waals surface area (Å²) in [6.45, 7) is 2.72. The summed E-state index contributed by atoms with van der Waals surface area (Å²) in [6, 6.07) is 4.14. The van der Waals surface area contributed by atoms with Crippen LogP contribution in [-0.4, -0.2) is 28.2 Å². The minimum atomic E-state index is -0.901. The second kappa shape index (κ2) is 6.61. The van der Waals surface area contributed by atoms with Crippen LogP contribution in [0.2, 0.25) is 0 Å². The molecule has 100 valence electrons. The number of carbonyl (C=O) groups excluding carboxylic acids is 1. The van der Waals surface area contributed by atoms with E-state index in [-0.39, 0.29) is 10.8 Å². The van der Waals surface area contributed by atoms with Gasteiger partial charge in [-0.3, -0.25) is 9.00 Å². The second-order valence-corrected chi connectivity index (χ2v) is 5.91. The van der Waals surface area contributed by atoms with Gasteiger partial charge < -0.3 is 11.1 Å². The highest BCUT2D eigenvalue weighted by molar-refractivity contribution is 7.84. The summed E-state index contributed by atoms with van der Waals surface area (Å²) in [5, 5.41) is 3.04. The van der Waals surface area contributed by atoms with Crippen molar-refractivity contribution in [3.63, 3.8) is 0 Å². The van der Waals surface area contributed by atoms with Gasteiger partial charge in [-0.05, 0) is 19.1 Å². The highest BCUT2D eigenvalue weighted by atomic mass is 32.2. The van der Waals surface area contributed by atoms with Gasteiger partial charge in [-0.1, -0.05) is 6.07 Å². The molecule has 0 bridgehead atoms. The number of halogens is 1. The molecule has 18 heavy (non-hydrogen) atoms. The summed E-state index contributed by atoms with van der Waals surface area (Å²) < 4.78 is 24.7. The van der Waals surface area contributed by atoms with E-state index in [1.165, 1.54) is 12.1 Å². The van der Waals surface area contributed by atoms with Crippen LogP contribution in [0.3, 0.4) is 0 Å². The summed E-state index contributed by atoms with van der Waals surface area (Å²) in [7, 11) is -0.901. The predicted octanol–water partition coefficient (Wildman–Crippen LogP) is 0.781. The quantitative estimate of drug-likeness (QED) is 0.804. The van der Waals surface area contributed by atoms with Gasteiger partial charge in [-0.2, -0.15) is 0 Å². The lowest BCUT2D eigenvalue weighted by Crippen LogP contribution is -2.27. The van der Waals surface area contributed by atoms with Gasteiger partial charge in [0.15, 0.2) is 0 Å². The molecule has 2 atom stereocenters. The van der Waals surface area contributed by atoms with Gasteiger partial charge in [0.25, 0.3) is 0 Å². The molecule has 0 saturated carbocycles. The molecule has 0 radical (unpaired) electrons. The molecule has 1 aromatic carbocycles. The van der Waals surface area contributed by atoms with E-state index in [0.29, 0.717) is 18.7 Å². The van der Waals surface area contributed by atoms with Gasteiger partial charge in [0.05, 0.1) is 0 Å². The zero-order valence-electron chi connectivity index (χ0n) is 10.4. The molecular weight excluding hydrogens is 255 g/mol. The van der Waals surface area contributed by atoms with Crippen LogP contribution >= 0.6 is 0 Å². The third-order valence-corrected chi connectivity index (χ3v) is 3.95. The average molecular weight is 272 g/mol. The van der Waals surface area contributed by atoms with Crippen LogP contribution < -0.4 is 11.1 Å². The first-order valence-electron chi connectivity index (χ1n) is 5.53. The molecule has 3 N–H and O–H groups in total. The first-order chi connectivity index (χ1) is 8.41. The first kappa shape index (κ1) is 14.8. The smallest absolute Gasteiger partial charge is 0.248 e. The van der Waals surface area contributed by atoms with E-state index in [0.717, 1.165) is 6.07 Å². The fraction of sp³-hybridized carbons (Fsp3) is 0.417. The van der Waals surface area contributed by atoms with Crippen LogP contribution in [0.15, 0.2) is 18.2 Å². The molecule has 1 rings (SSSR count). The number of rotatable bonds is 6. The Morgan fingerprint density at radius 3 is 2.72 bits per heavy atom. The number of hydrogen-bond acceptors (Lipinski definition) is 3. The van der Waals surface area contributed by atoms with Crippen LogP contribution in [0.1, 0.15) is 22.8 Å². The standard InChI is InChI=1S/C12H17FN2O2S/c1-8(18(2)17)6-15-7-10-4-3-9(12(14)16)5-11(10)13/h3-5,8,15H,6-7H2,1-2H3,(H2,14,16). The molecule has 0 heterocycles. The van der Waals surface area contributed by atoms with Gasteiger partial charge >= 0.3 is 0 Å². The summed E-state index contributed by atoms with van der Waals surface area (Å²) in [5.74, 6) is -1.12. The maximum atomic E-state index is 13.6. The Morgan fingerprint density at radius 2 is 2.22 bits per heavy atom. The summed E-state index contributed by atoms with van der Waals surface area (Å²) >= 11 is 0. The topological polar surface area (TPSA) is 72.2 Å². The minimum Gasteiger partial charge on any atom is -0.366 e. The van der Waals surface area contributed by atoms with Gasteiger partial charge in [-0.25, -0.2) is 4.39 Å². The normalized spacial score (nSPS) is 14.2. The fourth-order valence-corrected chi connectivity index (χ4v) is 1.72. The van der Waals surface area contributed by atoms with Crippen molar-refractivity contribution in [1.82, 2.24) is 5.32 Å². The zero-order valence-corrected chi connectivity index (χ0v) is 11.2. The van der Waals surface area contributed by atoms with E-state index in [4.69, 9.17) is 5.73 Å². The van der Waals surface area contributed by atoms with Gasteiger partial charge in [0.2, 0.25) is 5.91 Å². The van der Waals surface area contributed by atoms with Crippen molar-refractivity contribution in [3.8, 4) is 0 Å². The fourth-order valence-electron chi connectivity index (χ4n) is 1.37. The number of nitrogens with one attached hydrogen (secondary N) is 1. The van der Waals surface area contributed by atoms with E-state index in [1.54, 1.807) is 6.26 Å². The lowest BCUT2D eigenvalue weighted by Gasteiger charge is -2.10. The molecule has 0 spiro atoms. The molecule has 6 heteroatoms. The summed E-state index contributed by atoms with van der Waals surface area (Å²) in [5.41, 5.74) is 5.66. The number of amides is 1. The lowest BCUT2D eigenvalue weighted by molar-refractivity contribution is 0.1000. The third kappa shape index (κ3) is 4.19. The van der Waals surface area contributed by atoms with Crippen molar-refractivity contribution in [2.75, 3.05) is 12.8 Å². The third-order valence-electron chi connectivity index (χ3n) is 2.65. The van der Waals surface area contributed by atoms with Crippen molar-refractivity contribution in [3.05, 3.63) is 35.1 Å². The average Bonchev–Trinajstić information content (AvgIpc) is 2.30. The van der Waals surface area contributed by atoms with E-state index < -0.39 is 22.5 Å². The maximum Gasteiger partial charge on any atom is 0.248 e. The zero-order chi connectivity index (χ0) is 13.7. The molecule has 0 saturated heterocycles. The molecule has 0 aliphatic rings. The monoisotopic (exact) mass is 272 g/mol. The van der Waals surface area contributed by atoms with Gasteiger partial charge in [0, 0.05) is 46.5 Å². The molecular formula is C12H17FN2O2S. The van der Waals surface area contributed by atoms with Crippen molar-refractivity contribution >= 4 is 16.7 Å². The van der Waals surface area contributed by atoms with Crippen LogP contribution in [-0.2, 0) is 17.3 Å². The highest BCUT2D eigenvalue weighted by Gasteiger charge is 2.08. The van der Waals surface area contributed by atoms with Crippen LogP contribution in [0.5, 0.6) is 0 Å². The Labute approximate surface area is 108 Å². The molecule has 4 nitrogen and oxygen atoms in total. The largest absolute Gasteiger partial charge is 0.366 e. The number of carbonyl (C=O) groups is 1. The number of hydrogen-bond donors (Lipinski definition) is 2. The summed E-state index contributed by atoms with van der Waals surface area (Å²) in [4.78, 5) is 10.8. The SMILES string of the molecule is CC(CNCc1ccc(C(N)=O)cc1F)S(C)=O. The molecule has 0 fully saturated rings. The Hall–Kier alpha value is -1.27. The van der Waals surface area contributed by atoms with Crippen LogP contribution in [0.4, 0.5) is 4.39 Å². The number of benzene rings is 1. The van der Waals surface area contributed by atoms with E-state index >= 15 is 0 Å². The van der Waals surface area contributed by atoms with Crippen molar-refractivity contribution < 1.29 is 13.4 Å². The maximum absolute atomic E-state index is 13.6. The first-order valence-corrected chi connectivity index (χ1v) is 7.15. The van der Waals surface area contributed by atoms with Crippen LogP contribution in [0, 0.1) is 5.82 Å². The second-order valence-electron chi connectivity index (χ2n) is 4.11. The lowest BCUT2D eigenvalue weighted by atomic mass is 10.1. The minimum absolute atomic E-state index is 0.0120. The Morgan fingerprint density at radius 1 is 1.56 bits per heavy atom. The van der Waals surface area contributed by atoms with Crippen molar-refractivity contribution in [2.24, 2.45) is 5.73 Å². The molecule has 1 amide bonds. The molecule has 2 unspecified atom stereocenters. The number of nitrogens with two attached hydrogens (primary N) is 1. The Bertz CT molecular complexity index is 465. The van der Waals surface area contributed by atoms with E-state index in [1.807, 2.05) is 6.92 Å². The Kier molecular flexibility index (Phi) is 5.43. The van der Waals surface area contributed by atoms with E-state index in [9.17, 15) is 13.4 Å². The molecule has 0 aliphatic heterocycles. The van der Waals surface area contributed by atoms with E-state index in [2.05, 4.69) is 5.32 Å². The molecule has 0 aliphatic carbocycles. The van der Waals surface area contributed by atoms with Crippen molar-refractivity contribution in [1.29, 1.82) is 0 Å². The molecule has 0 aromatic heterocycles.